The number of halogens is 1. The van der Waals surface area contributed by atoms with Crippen molar-refractivity contribution >= 4 is 16.9 Å². The van der Waals surface area contributed by atoms with Gasteiger partial charge in [0.1, 0.15) is 5.82 Å². The molecule has 1 aromatic heterocycles. The van der Waals surface area contributed by atoms with E-state index in [2.05, 4.69) is 0 Å². The standard InChI is InChI=1S/C12H12FNO2/c13-10-3-4-11-9(8-10)5-7-14(11)6-1-2-12(15)16/h3-5,7-8H,1-2,6H2,(H,15,16). The quantitative estimate of drug-likeness (QED) is 0.862. The first kappa shape index (κ1) is 10.7. The van der Waals surface area contributed by atoms with Gasteiger partial charge in [-0.3, -0.25) is 4.79 Å². The Morgan fingerprint density at radius 2 is 2.19 bits per heavy atom. The lowest BCUT2D eigenvalue weighted by molar-refractivity contribution is -0.137. The first-order chi connectivity index (χ1) is 7.66. The average Bonchev–Trinajstić information content (AvgIpc) is 2.60. The zero-order chi connectivity index (χ0) is 11.5. The fourth-order valence-corrected chi connectivity index (χ4v) is 1.77. The van der Waals surface area contributed by atoms with Crippen molar-refractivity contribution in [2.75, 3.05) is 0 Å². The number of carboxylic acid groups (broad SMARTS) is 1. The van der Waals surface area contributed by atoms with Gasteiger partial charge in [-0.1, -0.05) is 0 Å². The maximum absolute atomic E-state index is 12.9. The zero-order valence-corrected chi connectivity index (χ0v) is 8.69. The van der Waals surface area contributed by atoms with Crippen molar-refractivity contribution in [3.8, 4) is 0 Å². The van der Waals surface area contributed by atoms with Crippen LogP contribution in [0.25, 0.3) is 10.9 Å². The highest BCUT2D eigenvalue weighted by Crippen LogP contribution is 2.17. The van der Waals surface area contributed by atoms with Gasteiger partial charge in [0.15, 0.2) is 0 Å². The van der Waals surface area contributed by atoms with Crippen LogP contribution in [-0.4, -0.2) is 15.6 Å². The summed E-state index contributed by atoms with van der Waals surface area (Å²) in [6, 6.07) is 6.43. The van der Waals surface area contributed by atoms with Crippen molar-refractivity contribution in [1.82, 2.24) is 4.57 Å². The number of carboxylic acids is 1. The highest BCUT2D eigenvalue weighted by molar-refractivity contribution is 5.80. The summed E-state index contributed by atoms with van der Waals surface area (Å²) in [4.78, 5) is 10.4. The van der Waals surface area contributed by atoms with Crippen LogP contribution in [0, 0.1) is 5.82 Å². The van der Waals surface area contributed by atoms with E-state index in [0.29, 0.717) is 13.0 Å². The fourth-order valence-electron chi connectivity index (χ4n) is 1.77. The Bertz CT molecular complexity index is 519. The lowest BCUT2D eigenvalue weighted by atomic mass is 10.2. The molecular weight excluding hydrogens is 209 g/mol. The summed E-state index contributed by atoms with van der Waals surface area (Å²) in [5.41, 5.74) is 0.937. The molecule has 4 heteroatoms. The van der Waals surface area contributed by atoms with Gasteiger partial charge >= 0.3 is 5.97 Å². The molecule has 0 fully saturated rings. The molecule has 1 heterocycles. The van der Waals surface area contributed by atoms with Crippen molar-refractivity contribution in [3.05, 3.63) is 36.3 Å². The van der Waals surface area contributed by atoms with Crippen LogP contribution in [0.1, 0.15) is 12.8 Å². The van der Waals surface area contributed by atoms with Crippen molar-refractivity contribution in [3.63, 3.8) is 0 Å². The zero-order valence-electron chi connectivity index (χ0n) is 8.69. The summed E-state index contributed by atoms with van der Waals surface area (Å²) in [5.74, 6) is -1.04. The van der Waals surface area contributed by atoms with Gasteiger partial charge in [-0.05, 0) is 30.7 Å². The van der Waals surface area contributed by atoms with Crippen LogP contribution in [0.5, 0.6) is 0 Å². The molecule has 0 radical (unpaired) electrons. The minimum absolute atomic E-state index is 0.154. The molecule has 0 unspecified atom stereocenters. The van der Waals surface area contributed by atoms with Gasteiger partial charge < -0.3 is 9.67 Å². The Labute approximate surface area is 92.1 Å². The van der Waals surface area contributed by atoms with E-state index >= 15 is 0 Å². The molecule has 1 aromatic carbocycles. The molecule has 0 aliphatic rings. The fraction of sp³-hybridized carbons (Fsp3) is 0.250. The Morgan fingerprint density at radius 3 is 2.94 bits per heavy atom. The molecule has 0 spiro atoms. The second-order valence-electron chi connectivity index (χ2n) is 3.71. The molecule has 0 atom stereocenters. The molecule has 1 N–H and O–H groups in total. The summed E-state index contributed by atoms with van der Waals surface area (Å²) in [6.07, 6.45) is 2.59. The summed E-state index contributed by atoms with van der Waals surface area (Å²) in [7, 11) is 0. The lowest BCUT2D eigenvalue weighted by Crippen LogP contribution is -2.00. The van der Waals surface area contributed by atoms with Crippen LogP contribution in [0.4, 0.5) is 4.39 Å². The highest BCUT2D eigenvalue weighted by Gasteiger charge is 2.03. The summed E-state index contributed by atoms with van der Waals surface area (Å²) in [6.45, 7) is 0.640. The van der Waals surface area contributed by atoms with Crippen LogP contribution in [-0.2, 0) is 11.3 Å². The van der Waals surface area contributed by atoms with Gasteiger partial charge in [0, 0.05) is 30.1 Å². The van der Waals surface area contributed by atoms with Crippen molar-refractivity contribution in [1.29, 1.82) is 0 Å². The van der Waals surface area contributed by atoms with Crippen molar-refractivity contribution in [2.45, 2.75) is 19.4 Å². The van der Waals surface area contributed by atoms with Crippen molar-refractivity contribution < 1.29 is 14.3 Å². The maximum atomic E-state index is 12.9. The third-order valence-electron chi connectivity index (χ3n) is 2.52. The number of aliphatic carboxylic acids is 1. The van der Waals surface area contributed by atoms with Crippen LogP contribution < -0.4 is 0 Å². The Hall–Kier alpha value is -1.84. The Kier molecular flexibility index (Phi) is 2.90. The first-order valence-electron chi connectivity index (χ1n) is 5.13. The molecule has 0 amide bonds. The van der Waals surface area contributed by atoms with Gasteiger partial charge in [-0.25, -0.2) is 4.39 Å². The molecule has 0 saturated carbocycles. The van der Waals surface area contributed by atoms with Crippen LogP contribution >= 0.6 is 0 Å². The van der Waals surface area contributed by atoms with Gasteiger partial charge in [-0.15, -0.1) is 0 Å². The topological polar surface area (TPSA) is 42.2 Å². The monoisotopic (exact) mass is 221 g/mol. The molecule has 2 aromatic rings. The predicted molar refractivity (Wildman–Crippen MR) is 58.8 cm³/mol. The van der Waals surface area contributed by atoms with Gasteiger partial charge in [-0.2, -0.15) is 0 Å². The minimum Gasteiger partial charge on any atom is -0.481 e. The first-order valence-corrected chi connectivity index (χ1v) is 5.13. The number of fused-ring (bicyclic) bond motifs is 1. The average molecular weight is 221 g/mol. The summed E-state index contributed by atoms with van der Waals surface area (Å²) in [5, 5.41) is 9.38. The van der Waals surface area contributed by atoms with E-state index < -0.39 is 5.97 Å². The Balaban J connectivity index is 2.15. The summed E-state index contributed by atoms with van der Waals surface area (Å²) >= 11 is 0. The van der Waals surface area contributed by atoms with E-state index in [-0.39, 0.29) is 12.2 Å². The molecule has 16 heavy (non-hydrogen) atoms. The van der Waals surface area contributed by atoms with Gasteiger partial charge in [0.05, 0.1) is 0 Å². The van der Waals surface area contributed by atoms with E-state index in [1.54, 1.807) is 6.07 Å². The van der Waals surface area contributed by atoms with E-state index in [1.807, 2.05) is 16.8 Å². The number of hydrogen-bond acceptors (Lipinski definition) is 1. The molecule has 0 saturated heterocycles. The van der Waals surface area contributed by atoms with Crippen molar-refractivity contribution in [2.24, 2.45) is 0 Å². The normalized spacial score (nSPS) is 10.8. The number of aryl methyl sites for hydroxylation is 1. The number of hydrogen-bond donors (Lipinski definition) is 1. The summed E-state index contributed by atoms with van der Waals surface area (Å²) < 4.78 is 14.9. The molecule has 0 aliphatic heterocycles. The number of carbonyl (C=O) groups is 1. The third-order valence-corrected chi connectivity index (χ3v) is 2.52. The molecule has 84 valence electrons. The second-order valence-corrected chi connectivity index (χ2v) is 3.71. The van der Waals surface area contributed by atoms with E-state index in [4.69, 9.17) is 5.11 Å². The molecular formula is C12H12FNO2. The SMILES string of the molecule is O=C(O)CCCn1ccc2cc(F)ccc21. The number of benzene rings is 1. The van der Waals surface area contributed by atoms with Crippen LogP contribution in [0.2, 0.25) is 0 Å². The minimum atomic E-state index is -0.789. The van der Waals surface area contributed by atoms with E-state index in [1.165, 1.54) is 12.1 Å². The molecule has 0 aliphatic carbocycles. The van der Waals surface area contributed by atoms with Gasteiger partial charge in [0.25, 0.3) is 0 Å². The van der Waals surface area contributed by atoms with Gasteiger partial charge in [0.2, 0.25) is 0 Å². The van der Waals surface area contributed by atoms with Crippen LogP contribution in [0.3, 0.4) is 0 Å². The molecule has 0 bridgehead atoms. The number of nitrogens with zero attached hydrogens (tertiary/aromatic N) is 1. The molecule has 2 rings (SSSR count). The van der Waals surface area contributed by atoms with Crippen LogP contribution in [0.15, 0.2) is 30.5 Å². The highest BCUT2D eigenvalue weighted by atomic mass is 19.1. The lowest BCUT2D eigenvalue weighted by Gasteiger charge is -2.03. The Morgan fingerprint density at radius 1 is 1.38 bits per heavy atom. The third kappa shape index (κ3) is 2.21. The number of aromatic nitrogens is 1. The maximum Gasteiger partial charge on any atom is 0.303 e. The second kappa shape index (κ2) is 4.35. The largest absolute Gasteiger partial charge is 0.481 e. The van der Waals surface area contributed by atoms with E-state index in [0.717, 1.165) is 10.9 Å². The van der Waals surface area contributed by atoms with E-state index in [9.17, 15) is 9.18 Å². The molecule has 3 nitrogen and oxygen atoms in total. The number of rotatable bonds is 4. The predicted octanol–water partition coefficient (Wildman–Crippen LogP) is 2.65. The smallest absolute Gasteiger partial charge is 0.303 e.